The third kappa shape index (κ3) is 7.12. The summed E-state index contributed by atoms with van der Waals surface area (Å²) < 4.78 is 0. The van der Waals surface area contributed by atoms with E-state index in [1.54, 1.807) is 6.07 Å². The number of rotatable bonds is 6. The van der Waals surface area contributed by atoms with Gasteiger partial charge in [-0.2, -0.15) is 0 Å². The van der Waals surface area contributed by atoms with Crippen LogP contribution in [0.5, 0.6) is 0 Å². The molecule has 26 heavy (non-hydrogen) atoms. The summed E-state index contributed by atoms with van der Waals surface area (Å²) in [5, 5.41) is 4.36. The molecule has 1 aromatic rings. The minimum atomic E-state index is 0. The molecule has 0 saturated carbocycles. The number of hydrogen-bond acceptors (Lipinski definition) is 2. The monoisotopic (exact) mass is 512 g/mol. The number of carbonyl (C=O) groups is 1. The molecule has 1 amide bonds. The van der Waals surface area contributed by atoms with Crippen molar-refractivity contribution in [3.63, 3.8) is 0 Å². The van der Waals surface area contributed by atoms with Gasteiger partial charge in [-0.15, -0.1) is 24.0 Å². The first-order chi connectivity index (χ1) is 12.0. The summed E-state index contributed by atoms with van der Waals surface area (Å²) in [7, 11) is 1.96. The van der Waals surface area contributed by atoms with E-state index < -0.39 is 0 Å². The van der Waals surface area contributed by atoms with Crippen LogP contribution in [0.15, 0.2) is 23.2 Å². The summed E-state index contributed by atoms with van der Waals surface area (Å²) in [6.07, 6.45) is 2.68. The van der Waals surface area contributed by atoms with Gasteiger partial charge in [-0.1, -0.05) is 29.3 Å². The molecule has 0 aliphatic carbocycles. The number of nitrogens with zero attached hydrogens (tertiary/aromatic N) is 3. The van der Waals surface area contributed by atoms with Crippen molar-refractivity contribution in [3.05, 3.63) is 33.8 Å². The predicted molar refractivity (Wildman–Crippen MR) is 120 cm³/mol. The topological polar surface area (TPSA) is 47.9 Å². The molecule has 0 atom stereocenters. The number of aliphatic imine (C=N–C) groups is 1. The molecular formula is C18H27Cl2IN4O. The molecule has 1 aromatic carbocycles. The van der Waals surface area contributed by atoms with Crippen LogP contribution in [0, 0.1) is 0 Å². The van der Waals surface area contributed by atoms with Crippen LogP contribution in [0.4, 0.5) is 0 Å². The number of hydrogen-bond donors (Lipinski definition) is 1. The molecule has 0 unspecified atom stereocenters. The molecule has 0 bridgehead atoms. The first-order valence-corrected chi connectivity index (χ1v) is 9.48. The highest BCUT2D eigenvalue weighted by molar-refractivity contribution is 14.0. The van der Waals surface area contributed by atoms with Crippen molar-refractivity contribution >= 4 is 59.0 Å². The van der Waals surface area contributed by atoms with Gasteiger partial charge >= 0.3 is 0 Å². The van der Waals surface area contributed by atoms with Crippen LogP contribution in [0.1, 0.15) is 31.7 Å². The molecule has 0 radical (unpaired) electrons. The fraction of sp³-hybridized carbons (Fsp3) is 0.556. The van der Waals surface area contributed by atoms with E-state index in [-0.39, 0.29) is 29.9 Å². The second-order valence-corrected chi connectivity index (χ2v) is 6.99. The SMILES string of the molecule is CCNC(=NCCC(=O)N1CCCC1)N(C)Cc1ccc(Cl)c(Cl)c1.I. The number of benzene rings is 1. The molecule has 2 rings (SSSR count). The van der Waals surface area contributed by atoms with Crippen LogP contribution in [-0.2, 0) is 11.3 Å². The second kappa shape index (κ2) is 11.9. The maximum absolute atomic E-state index is 12.1. The Balaban J connectivity index is 0.00000338. The van der Waals surface area contributed by atoms with Crippen LogP contribution in [0.25, 0.3) is 0 Å². The van der Waals surface area contributed by atoms with E-state index in [1.807, 2.05) is 35.9 Å². The average molecular weight is 513 g/mol. The minimum Gasteiger partial charge on any atom is -0.357 e. The Morgan fingerprint density at radius 1 is 1.27 bits per heavy atom. The summed E-state index contributed by atoms with van der Waals surface area (Å²) in [6.45, 7) is 5.72. The van der Waals surface area contributed by atoms with Crippen molar-refractivity contribution in [2.24, 2.45) is 4.99 Å². The molecule has 0 spiro atoms. The predicted octanol–water partition coefficient (Wildman–Crippen LogP) is 4.02. The molecule has 1 fully saturated rings. The quantitative estimate of drug-likeness (QED) is 0.356. The van der Waals surface area contributed by atoms with E-state index in [0.717, 1.165) is 44.0 Å². The standard InChI is InChI=1S/C18H26Cl2N4O.HI/c1-3-21-18(22-9-8-17(25)24-10-4-5-11-24)23(2)13-14-6-7-15(19)16(20)12-14;/h6-7,12H,3-5,8-11,13H2,1-2H3,(H,21,22);1H. The summed E-state index contributed by atoms with van der Waals surface area (Å²) in [4.78, 5) is 20.6. The fourth-order valence-corrected chi connectivity index (χ4v) is 3.16. The number of likely N-dealkylation sites (tertiary alicyclic amines) is 1. The molecule has 5 nitrogen and oxygen atoms in total. The Morgan fingerprint density at radius 3 is 2.58 bits per heavy atom. The van der Waals surface area contributed by atoms with E-state index in [9.17, 15) is 4.79 Å². The highest BCUT2D eigenvalue weighted by atomic mass is 127. The molecule has 1 heterocycles. The van der Waals surface area contributed by atoms with Crippen molar-refractivity contribution in [2.45, 2.75) is 32.7 Å². The molecule has 1 aliphatic rings. The fourth-order valence-electron chi connectivity index (χ4n) is 2.84. The molecule has 1 aliphatic heterocycles. The van der Waals surface area contributed by atoms with Gasteiger partial charge < -0.3 is 15.1 Å². The molecule has 0 aromatic heterocycles. The zero-order valence-corrected chi connectivity index (χ0v) is 19.1. The summed E-state index contributed by atoms with van der Waals surface area (Å²) >= 11 is 12.0. The van der Waals surface area contributed by atoms with E-state index in [2.05, 4.69) is 10.3 Å². The Bertz CT molecular complexity index is 621. The summed E-state index contributed by atoms with van der Waals surface area (Å²) in [5.74, 6) is 0.979. The molecule has 146 valence electrons. The van der Waals surface area contributed by atoms with Gasteiger partial charge in [0, 0.05) is 39.6 Å². The minimum absolute atomic E-state index is 0. The Morgan fingerprint density at radius 2 is 1.96 bits per heavy atom. The smallest absolute Gasteiger partial charge is 0.224 e. The number of halogens is 3. The van der Waals surface area contributed by atoms with Gasteiger partial charge in [-0.25, -0.2) is 0 Å². The van der Waals surface area contributed by atoms with Gasteiger partial charge in [0.05, 0.1) is 16.6 Å². The number of guanidine groups is 1. The first kappa shape index (κ1) is 23.3. The van der Waals surface area contributed by atoms with E-state index >= 15 is 0 Å². The molecule has 1 N–H and O–H groups in total. The molecule has 1 saturated heterocycles. The lowest BCUT2D eigenvalue weighted by Crippen LogP contribution is -2.38. The van der Waals surface area contributed by atoms with Gasteiger partial charge in [0.1, 0.15) is 0 Å². The molecule has 8 heteroatoms. The largest absolute Gasteiger partial charge is 0.357 e. The van der Waals surface area contributed by atoms with Crippen LogP contribution < -0.4 is 5.32 Å². The van der Waals surface area contributed by atoms with Gasteiger partial charge in [0.25, 0.3) is 0 Å². The zero-order valence-electron chi connectivity index (χ0n) is 15.3. The van der Waals surface area contributed by atoms with Gasteiger partial charge in [0.15, 0.2) is 5.96 Å². The van der Waals surface area contributed by atoms with Gasteiger partial charge in [-0.05, 0) is 37.5 Å². The van der Waals surface area contributed by atoms with Crippen molar-refractivity contribution in [1.82, 2.24) is 15.1 Å². The summed E-state index contributed by atoms with van der Waals surface area (Å²) in [5.41, 5.74) is 1.05. The van der Waals surface area contributed by atoms with Crippen LogP contribution in [0.2, 0.25) is 10.0 Å². The average Bonchev–Trinajstić information content (AvgIpc) is 3.12. The van der Waals surface area contributed by atoms with Gasteiger partial charge in [0.2, 0.25) is 5.91 Å². The maximum Gasteiger partial charge on any atom is 0.224 e. The van der Waals surface area contributed by atoms with Crippen molar-refractivity contribution in [3.8, 4) is 0 Å². The second-order valence-electron chi connectivity index (χ2n) is 6.18. The maximum atomic E-state index is 12.1. The summed E-state index contributed by atoms with van der Waals surface area (Å²) in [6, 6.07) is 5.61. The number of nitrogens with one attached hydrogen (secondary N) is 1. The number of amides is 1. The third-order valence-electron chi connectivity index (χ3n) is 4.15. The third-order valence-corrected chi connectivity index (χ3v) is 4.89. The van der Waals surface area contributed by atoms with Crippen LogP contribution in [-0.4, -0.2) is 54.9 Å². The highest BCUT2D eigenvalue weighted by Gasteiger charge is 2.17. The highest BCUT2D eigenvalue weighted by Crippen LogP contribution is 2.23. The normalized spacial score (nSPS) is 14.2. The van der Waals surface area contributed by atoms with Crippen LogP contribution >= 0.6 is 47.2 Å². The van der Waals surface area contributed by atoms with Crippen molar-refractivity contribution < 1.29 is 4.79 Å². The zero-order chi connectivity index (χ0) is 18.2. The van der Waals surface area contributed by atoms with Crippen molar-refractivity contribution in [1.29, 1.82) is 0 Å². The molecular weight excluding hydrogens is 486 g/mol. The van der Waals surface area contributed by atoms with Crippen LogP contribution in [0.3, 0.4) is 0 Å². The first-order valence-electron chi connectivity index (χ1n) is 8.72. The lowest BCUT2D eigenvalue weighted by Gasteiger charge is -2.22. The lowest BCUT2D eigenvalue weighted by atomic mass is 10.2. The van der Waals surface area contributed by atoms with E-state index in [4.69, 9.17) is 23.2 Å². The van der Waals surface area contributed by atoms with E-state index in [0.29, 0.717) is 29.6 Å². The van der Waals surface area contributed by atoms with Gasteiger partial charge in [-0.3, -0.25) is 9.79 Å². The Hall–Kier alpha value is -0.730. The number of carbonyl (C=O) groups excluding carboxylic acids is 1. The van der Waals surface area contributed by atoms with E-state index in [1.165, 1.54) is 0 Å². The van der Waals surface area contributed by atoms with Crippen molar-refractivity contribution in [2.75, 3.05) is 33.2 Å². The Labute approximate surface area is 183 Å². The lowest BCUT2D eigenvalue weighted by molar-refractivity contribution is -0.129. The Kier molecular flexibility index (Phi) is 10.6.